The van der Waals surface area contributed by atoms with Gasteiger partial charge in [-0.3, -0.25) is 4.79 Å². The first-order valence-electron chi connectivity index (χ1n) is 9.18. The second kappa shape index (κ2) is 9.46. The van der Waals surface area contributed by atoms with Gasteiger partial charge in [-0.15, -0.1) is 0 Å². The van der Waals surface area contributed by atoms with Gasteiger partial charge in [0, 0.05) is 24.9 Å². The molecule has 0 N–H and O–H groups in total. The molecule has 162 valence electrons. The minimum absolute atomic E-state index is 0.00510. The summed E-state index contributed by atoms with van der Waals surface area (Å²) in [6.45, 7) is 0.352. The number of rotatable bonds is 7. The van der Waals surface area contributed by atoms with E-state index in [4.69, 9.17) is 9.47 Å². The fraction of sp³-hybridized carbons (Fsp3) is 0.182. The number of amides is 1. The van der Waals surface area contributed by atoms with E-state index in [-0.39, 0.29) is 30.7 Å². The molecule has 0 aliphatic rings. The Morgan fingerprint density at radius 3 is 2.35 bits per heavy atom. The minimum Gasteiger partial charge on any atom is -0.489 e. The predicted molar refractivity (Wildman–Crippen MR) is 105 cm³/mol. The lowest BCUT2D eigenvalue weighted by atomic mass is 10.2. The first kappa shape index (κ1) is 22.1. The Hall–Kier alpha value is -3.62. The van der Waals surface area contributed by atoms with Crippen molar-refractivity contribution in [2.75, 3.05) is 20.2 Å². The molecule has 0 bridgehead atoms. The molecule has 31 heavy (non-hydrogen) atoms. The lowest BCUT2D eigenvalue weighted by molar-refractivity contribution is -0.137. The molecule has 1 aromatic heterocycles. The highest BCUT2D eigenvalue weighted by Gasteiger charge is 2.30. The molecule has 3 aromatic rings. The topological polar surface area (TPSA) is 51.7 Å². The van der Waals surface area contributed by atoms with E-state index < -0.39 is 17.6 Å². The molecule has 0 spiro atoms. The Morgan fingerprint density at radius 1 is 1.03 bits per heavy atom. The van der Waals surface area contributed by atoms with Gasteiger partial charge in [-0.2, -0.15) is 13.2 Å². The molecular formula is C22H18F4N2O3. The third kappa shape index (κ3) is 5.94. The lowest BCUT2D eigenvalue weighted by Crippen LogP contribution is -2.30. The smallest absolute Gasteiger partial charge is 0.417 e. The third-order valence-electron chi connectivity index (χ3n) is 4.25. The molecule has 0 atom stereocenters. The predicted octanol–water partition coefficient (Wildman–Crippen LogP) is 5.18. The van der Waals surface area contributed by atoms with Crippen molar-refractivity contribution in [3.8, 4) is 17.4 Å². The fourth-order valence-corrected chi connectivity index (χ4v) is 2.57. The summed E-state index contributed by atoms with van der Waals surface area (Å²) in [6.07, 6.45) is -3.79. The van der Waals surface area contributed by atoms with Crippen molar-refractivity contribution in [1.82, 2.24) is 9.88 Å². The number of hydrogen-bond donors (Lipinski definition) is 0. The van der Waals surface area contributed by atoms with Crippen LogP contribution in [0.5, 0.6) is 17.4 Å². The number of likely N-dealkylation sites (N-methyl/N-ethyl adjacent to an activating group) is 1. The molecule has 0 unspecified atom stereocenters. The highest BCUT2D eigenvalue weighted by atomic mass is 19.4. The highest BCUT2D eigenvalue weighted by Crippen LogP contribution is 2.30. The van der Waals surface area contributed by atoms with Gasteiger partial charge in [-0.25, -0.2) is 9.37 Å². The number of carbonyl (C=O) groups excluding carboxylic acids is 1. The summed E-state index contributed by atoms with van der Waals surface area (Å²) < 4.78 is 62.0. The third-order valence-corrected chi connectivity index (χ3v) is 4.25. The van der Waals surface area contributed by atoms with Gasteiger partial charge in [-0.1, -0.05) is 12.1 Å². The number of nitrogens with zero attached hydrogens (tertiary/aromatic N) is 2. The van der Waals surface area contributed by atoms with E-state index in [0.717, 1.165) is 12.1 Å². The average molecular weight is 434 g/mol. The average Bonchev–Trinajstić information content (AvgIpc) is 2.75. The molecule has 9 heteroatoms. The maximum atomic E-state index is 13.5. The normalized spacial score (nSPS) is 11.1. The molecule has 1 heterocycles. The minimum atomic E-state index is -4.47. The number of para-hydroxylation sites is 1. The zero-order valence-corrected chi connectivity index (χ0v) is 16.4. The Kier molecular flexibility index (Phi) is 6.74. The van der Waals surface area contributed by atoms with Crippen molar-refractivity contribution in [3.05, 3.63) is 83.8 Å². The van der Waals surface area contributed by atoms with E-state index in [1.54, 1.807) is 19.2 Å². The van der Waals surface area contributed by atoms with Crippen LogP contribution in [-0.2, 0) is 6.18 Å². The van der Waals surface area contributed by atoms with Gasteiger partial charge in [0.25, 0.3) is 5.91 Å². The van der Waals surface area contributed by atoms with Crippen LogP contribution in [0.1, 0.15) is 15.9 Å². The van der Waals surface area contributed by atoms with E-state index >= 15 is 0 Å². The Balaban J connectivity index is 1.54. The molecule has 0 aliphatic heterocycles. The maximum absolute atomic E-state index is 13.5. The second-order valence-electron chi connectivity index (χ2n) is 6.51. The van der Waals surface area contributed by atoms with Gasteiger partial charge in [-0.05, 0) is 42.5 Å². The largest absolute Gasteiger partial charge is 0.489 e. The van der Waals surface area contributed by atoms with E-state index in [1.165, 1.54) is 41.3 Å². The highest BCUT2D eigenvalue weighted by molar-refractivity contribution is 5.94. The summed E-state index contributed by atoms with van der Waals surface area (Å²) in [5, 5.41) is 0. The number of ether oxygens (including phenoxy) is 2. The summed E-state index contributed by atoms with van der Waals surface area (Å²) in [4.78, 5) is 17.5. The van der Waals surface area contributed by atoms with Crippen molar-refractivity contribution in [1.29, 1.82) is 0 Å². The van der Waals surface area contributed by atoms with Crippen molar-refractivity contribution in [2.45, 2.75) is 6.18 Å². The second-order valence-corrected chi connectivity index (χ2v) is 6.51. The van der Waals surface area contributed by atoms with Crippen LogP contribution in [-0.4, -0.2) is 36.0 Å². The van der Waals surface area contributed by atoms with Crippen molar-refractivity contribution >= 4 is 5.91 Å². The van der Waals surface area contributed by atoms with Crippen LogP contribution in [0.3, 0.4) is 0 Å². The van der Waals surface area contributed by atoms with Crippen LogP contribution in [0.25, 0.3) is 0 Å². The van der Waals surface area contributed by atoms with E-state index in [0.29, 0.717) is 17.5 Å². The van der Waals surface area contributed by atoms with Crippen LogP contribution in [0.15, 0.2) is 66.9 Å². The lowest BCUT2D eigenvalue weighted by Gasteiger charge is -2.18. The standard InChI is InChI=1S/C22H18F4N2O3/c1-28(12-13-30-19-5-3-2-4-18(19)23)21(29)15-6-9-17(10-7-15)31-20-11-8-16(14-27-20)22(24,25)26/h2-11,14H,12-13H2,1H3. The number of halogens is 4. The zero-order chi connectivity index (χ0) is 22.4. The molecule has 3 rings (SSSR count). The molecule has 0 aliphatic carbocycles. The van der Waals surface area contributed by atoms with E-state index in [1.807, 2.05) is 0 Å². The van der Waals surface area contributed by atoms with Crippen LogP contribution in [0.2, 0.25) is 0 Å². The van der Waals surface area contributed by atoms with Crippen LogP contribution >= 0.6 is 0 Å². The maximum Gasteiger partial charge on any atom is 0.417 e. The van der Waals surface area contributed by atoms with Gasteiger partial charge >= 0.3 is 6.18 Å². The molecule has 0 saturated carbocycles. The molecule has 0 fully saturated rings. The van der Waals surface area contributed by atoms with Gasteiger partial charge < -0.3 is 14.4 Å². The number of alkyl halides is 3. The molecule has 0 radical (unpaired) electrons. The van der Waals surface area contributed by atoms with Gasteiger partial charge in [0.2, 0.25) is 5.88 Å². The van der Waals surface area contributed by atoms with Gasteiger partial charge in [0.1, 0.15) is 12.4 Å². The molecular weight excluding hydrogens is 416 g/mol. The summed E-state index contributed by atoms with van der Waals surface area (Å²) in [7, 11) is 1.59. The summed E-state index contributed by atoms with van der Waals surface area (Å²) >= 11 is 0. The first-order valence-corrected chi connectivity index (χ1v) is 9.18. The molecule has 0 saturated heterocycles. The Bertz CT molecular complexity index is 1020. The van der Waals surface area contributed by atoms with Gasteiger partial charge in [0.05, 0.1) is 12.1 Å². The Labute approximate surface area is 175 Å². The number of aromatic nitrogens is 1. The molecule has 2 aromatic carbocycles. The summed E-state index contributed by atoms with van der Waals surface area (Å²) in [6, 6.07) is 14.0. The molecule has 5 nitrogen and oxygen atoms in total. The first-order chi connectivity index (χ1) is 14.7. The number of benzene rings is 2. The monoisotopic (exact) mass is 434 g/mol. The summed E-state index contributed by atoms with van der Waals surface area (Å²) in [5.74, 6) is -0.337. The van der Waals surface area contributed by atoms with Crippen LogP contribution < -0.4 is 9.47 Å². The number of pyridine rings is 1. The quantitative estimate of drug-likeness (QED) is 0.481. The van der Waals surface area contributed by atoms with Crippen molar-refractivity contribution < 1.29 is 31.8 Å². The van der Waals surface area contributed by atoms with Crippen LogP contribution in [0, 0.1) is 5.82 Å². The summed E-state index contributed by atoms with van der Waals surface area (Å²) in [5.41, 5.74) is -0.496. The fourth-order valence-electron chi connectivity index (χ4n) is 2.57. The SMILES string of the molecule is CN(CCOc1ccccc1F)C(=O)c1ccc(Oc2ccc(C(F)(F)F)cn2)cc1. The van der Waals surface area contributed by atoms with E-state index in [2.05, 4.69) is 4.98 Å². The van der Waals surface area contributed by atoms with Crippen molar-refractivity contribution in [3.63, 3.8) is 0 Å². The van der Waals surface area contributed by atoms with Crippen molar-refractivity contribution in [2.24, 2.45) is 0 Å². The van der Waals surface area contributed by atoms with Crippen LogP contribution in [0.4, 0.5) is 17.6 Å². The number of carbonyl (C=O) groups is 1. The zero-order valence-electron chi connectivity index (χ0n) is 16.4. The molecule has 1 amide bonds. The Morgan fingerprint density at radius 2 is 1.74 bits per heavy atom. The van der Waals surface area contributed by atoms with E-state index in [9.17, 15) is 22.4 Å². The number of hydrogen-bond acceptors (Lipinski definition) is 4. The van der Waals surface area contributed by atoms with Gasteiger partial charge in [0.15, 0.2) is 11.6 Å².